The van der Waals surface area contributed by atoms with Crippen LogP contribution in [-0.4, -0.2) is 36.2 Å². The minimum Gasteiger partial charge on any atom is -0.497 e. The Morgan fingerprint density at radius 2 is 2.03 bits per heavy atom. The Bertz CT molecular complexity index is 1110. The molecule has 156 valence electrons. The quantitative estimate of drug-likeness (QED) is 0.525. The van der Waals surface area contributed by atoms with Crippen LogP contribution in [0.15, 0.2) is 40.5 Å². The van der Waals surface area contributed by atoms with E-state index in [4.69, 9.17) is 21.1 Å². The third-order valence-corrected chi connectivity index (χ3v) is 6.04. The average Bonchev–Trinajstić information content (AvgIpc) is 2.72. The van der Waals surface area contributed by atoms with Gasteiger partial charge in [0.15, 0.2) is 0 Å². The Balaban J connectivity index is 1.94. The van der Waals surface area contributed by atoms with Crippen molar-refractivity contribution in [3.63, 3.8) is 0 Å². The third kappa shape index (κ3) is 3.49. The summed E-state index contributed by atoms with van der Waals surface area (Å²) in [6.45, 7) is 3.77. The summed E-state index contributed by atoms with van der Waals surface area (Å²) in [5.74, 6) is -0.803. The largest absolute Gasteiger partial charge is 0.497 e. The lowest BCUT2D eigenvalue weighted by atomic mass is 9.69. The van der Waals surface area contributed by atoms with Crippen LogP contribution in [0.3, 0.4) is 0 Å². The van der Waals surface area contributed by atoms with E-state index in [1.54, 1.807) is 21.0 Å². The van der Waals surface area contributed by atoms with Crippen molar-refractivity contribution in [2.75, 3.05) is 13.7 Å². The number of rotatable bonds is 4. The van der Waals surface area contributed by atoms with Gasteiger partial charge >= 0.3 is 5.97 Å². The summed E-state index contributed by atoms with van der Waals surface area (Å²) in [4.78, 5) is 35.0. The number of ketones is 1. The van der Waals surface area contributed by atoms with Gasteiger partial charge in [-0.05, 0) is 56.5 Å². The standard InChI is InChI=1S/C23H23ClN2O4/c1-4-30-23(28)19-12(2)25-17-6-5-7-18(27)21(17)20(19)15-11-13-10-14(29-3)8-9-16(13)26-22(15)24/h8-11,20-21H,4-7H2,1-3H3. The summed E-state index contributed by atoms with van der Waals surface area (Å²) in [6.07, 6.45) is 1.96. The number of Topliss-reactive ketones (excluding diaryl/α,β-unsaturated/α-hetero) is 1. The lowest BCUT2D eigenvalue weighted by Gasteiger charge is -2.35. The topological polar surface area (TPSA) is 77.8 Å². The van der Waals surface area contributed by atoms with E-state index in [0.29, 0.717) is 34.5 Å². The summed E-state index contributed by atoms with van der Waals surface area (Å²) in [7, 11) is 1.60. The molecular formula is C23H23ClN2O4. The van der Waals surface area contributed by atoms with Gasteiger partial charge in [0.2, 0.25) is 0 Å². The maximum atomic E-state index is 13.0. The summed E-state index contributed by atoms with van der Waals surface area (Å²) < 4.78 is 10.7. The third-order valence-electron chi connectivity index (χ3n) is 5.74. The van der Waals surface area contributed by atoms with Crippen molar-refractivity contribution in [2.24, 2.45) is 10.9 Å². The van der Waals surface area contributed by atoms with E-state index in [9.17, 15) is 9.59 Å². The highest BCUT2D eigenvalue weighted by Crippen LogP contribution is 2.45. The smallest absolute Gasteiger partial charge is 0.336 e. The lowest BCUT2D eigenvalue weighted by Crippen LogP contribution is -2.39. The number of pyridine rings is 1. The molecule has 2 unspecified atom stereocenters. The van der Waals surface area contributed by atoms with E-state index in [-0.39, 0.29) is 17.5 Å². The minimum absolute atomic E-state index is 0.0705. The first-order chi connectivity index (χ1) is 14.4. The van der Waals surface area contributed by atoms with Crippen molar-refractivity contribution in [1.29, 1.82) is 0 Å². The number of nitrogens with zero attached hydrogens (tertiary/aromatic N) is 2. The molecule has 6 nitrogen and oxygen atoms in total. The average molecular weight is 427 g/mol. The number of allylic oxidation sites excluding steroid dienone is 1. The van der Waals surface area contributed by atoms with Gasteiger partial charge in [-0.15, -0.1) is 0 Å². The number of methoxy groups -OCH3 is 1. The number of aromatic nitrogens is 1. The SMILES string of the molecule is CCOC(=O)C1=C(C)N=C2CCCC(=O)C2C1c1cc2cc(OC)ccc2nc1Cl. The second kappa shape index (κ2) is 8.19. The summed E-state index contributed by atoms with van der Waals surface area (Å²) >= 11 is 6.62. The molecule has 4 rings (SSSR count). The first kappa shape index (κ1) is 20.5. The van der Waals surface area contributed by atoms with Crippen LogP contribution in [0.1, 0.15) is 44.6 Å². The molecule has 2 atom stereocenters. The maximum absolute atomic E-state index is 13.0. The molecule has 2 aromatic rings. The molecule has 0 N–H and O–H groups in total. The molecule has 0 radical (unpaired) electrons. The zero-order valence-electron chi connectivity index (χ0n) is 17.2. The van der Waals surface area contributed by atoms with Gasteiger partial charge in [0.05, 0.1) is 30.7 Å². The Morgan fingerprint density at radius 3 is 2.77 bits per heavy atom. The van der Waals surface area contributed by atoms with Gasteiger partial charge in [0.25, 0.3) is 0 Å². The number of aliphatic imine (C=N–C) groups is 1. The Morgan fingerprint density at radius 1 is 1.23 bits per heavy atom. The monoisotopic (exact) mass is 426 g/mol. The van der Waals surface area contributed by atoms with Gasteiger partial charge in [-0.3, -0.25) is 9.79 Å². The van der Waals surface area contributed by atoms with E-state index < -0.39 is 17.8 Å². The molecule has 0 bridgehead atoms. The number of carbonyl (C=O) groups excluding carboxylic acids is 2. The molecule has 0 amide bonds. The van der Waals surface area contributed by atoms with Crippen LogP contribution in [0.4, 0.5) is 0 Å². The summed E-state index contributed by atoms with van der Waals surface area (Å²) in [6, 6.07) is 7.41. The second-order valence-electron chi connectivity index (χ2n) is 7.52. The number of benzene rings is 1. The van der Waals surface area contributed by atoms with E-state index >= 15 is 0 Å². The lowest BCUT2D eigenvalue weighted by molar-refractivity contribution is -0.139. The molecule has 7 heteroatoms. The Hall–Kier alpha value is -2.73. The number of hydrogen-bond donors (Lipinski definition) is 0. The highest BCUT2D eigenvalue weighted by atomic mass is 35.5. The van der Waals surface area contributed by atoms with Gasteiger partial charge in [-0.1, -0.05) is 11.6 Å². The van der Waals surface area contributed by atoms with E-state index in [0.717, 1.165) is 23.9 Å². The molecule has 1 saturated carbocycles. The first-order valence-electron chi connectivity index (χ1n) is 10.1. The molecule has 1 aromatic carbocycles. The van der Waals surface area contributed by atoms with E-state index in [1.807, 2.05) is 24.3 Å². The number of fused-ring (bicyclic) bond motifs is 2. The number of ether oxygens (including phenoxy) is 2. The van der Waals surface area contributed by atoms with Crippen molar-refractivity contribution in [1.82, 2.24) is 4.98 Å². The van der Waals surface area contributed by atoms with Gasteiger partial charge in [0, 0.05) is 29.1 Å². The summed E-state index contributed by atoms with van der Waals surface area (Å²) in [5, 5.41) is 1.09. The Kier molecular flexibility index (Phi) is 5.60. The van der Waals surface area contributed by atoms with Crippen LogP contribution in [-0.2, 0) is 14.3 Å². The minimum atomic E-state index is -0.569. The molecule has 1 aliphatic heterocycles. The van der Waals surface area contributed by atoms with Crippen LogP contribution in [0.2, 0.25) is 5.15 Å². The predicted octanol–water partition coefficient (Wildman–Crippen LogP) is 4.64. The number of esters is 1. The molecular weight excluding hydrogens is 404 g/mol. The van der Waals surface area contributed by atoms with Crippen LogP contribution < -0.4 is 4.74 Å². The molecule has 1 aliphatic carbocycles. The van der Waals surface area contributed by atoms with Crippen LogP contribution in [0.5, 0.6) is 5.75 Å². The highest BCUT2D eigenvalue weighted by Gasteiger charge is 2.44. The zero-order valence-corrected chi connectivity index (χ0v) is 18.0. The van der Waals surface area contributed by atoms with Crippen molar-refractivity contribution < 1.29 is 19.1 Å². The summed E-state index contributed by atoms with van der Waals surface area (Å²) in [5.41, 5.74) is 3.10. The molecule has 30 heavy (non-hydrogen) atoms. The Labute approximate surface area is 179 Å². The molecule has 0 saturated heterocycles. The van der Waals surface area contributed by atoms with Crippen molar-refractivity contribution >= 4 is 40.0 Å². The maximum Gasteiger partial charge on any atom is 0.336 e. The molecule has 1 aromatic heterocycles. The number of halogens is 1. The van der Waals surface area contributed by atoms with Crippen LogP contribution in [0.25, 0.3) is 10.9 Å². The van der Waals surface area contributed by atoms with E-state index in [1.165, 1.54) is 0 Å². The molecule has 1 fully saturated rings. The molecule has 2 heterocycles. The predicted molar refractivity (Wildman–Crippen MR) is 115 cm³/mol. The number of hydrogen-bond acceptors (Lipinski definition) is 6. The fourth-order valence-corrected chi connectivity index (χ4v) is 4.69. The second-order valence-corrected chi connectivity index (χ2v) is 7.88. The highest BCUT2D eigenvalue weighted by molar-refractivity contribution is 6.31. The van der Waals surface area contributed by atoms with Crippen molar-refractivity contribution in [3.05, 3.63) is 46.3 Å². The van der Waals surface area contributed by atoms with Gasteiger partial charge in [-0.2, -0.15) is 0 Å². The van der Waals surface area contributed by atoms with Crippen molar-refractivity contribution in [2.45, 2.75) is 39.0 Å². The fraction of sp³-hybridized carbons (Fsp3) is 0.391. The van der Waals surface area contributed by atoms with Crippen LogP contribution in [0, 0.1) is 5.92 Å². The fourth-order valence-electron chi connectivity index (χ4n) is 4.42. The van der Waals surface area contributed by atoms with E-state index in [2.05, 4.69) is 9.98 Å². The normalized spacial score (nSPS) is 21.3. The zero-order chi connectivity index (χ0) is 21.4. The number of carbonyl (C=O) groups is 2. The first-order valence-corrected chi connectivity index (χ1v) is 10.4. The van der Waals surface area contributed by atoms with Crippen molar-refractivity contribution in [3.8, 4) is 5.75 Å². The molecule has 2 aliphatic rings. The van der Waals surface area contributed by atoms with Gasteiger partial charge < -0.3 is 9.47 Å². The van der Waals surface area contributed by atoms with Crippen LogP contribution >= 0.6 is 11.6 Å². The van der Waals surface area contributed by atoms with Gasteiger partial charge in [-0.25, -0.2) is 9.78 Å². The molecule has 0 spiro atoms. The van der Waals surface area contributed by atoms with Gasteiger partial charge in [0.1, 0.15) is 16.7 Å².